The smallest absolute Gasteiger partial charge is 0.292 e. The second kappa shape index (κ2) is 3.22. The summed E-state index contributed by atoms with van der Waals surface area (Å²) in [7, 11) is 0. The summed E-state index contributed by atoms with van der Waals surface area (Å²) < 4.78 is 8.26. The Labute approximate surface area is 112 Å². The Kier molecular flexibility index (Phi) is 1.64. The average molecular weight is 265 g/mol. The van der Waals surface area contributed by atoms with E-state index in [-0.39, 0.29) is 0 Å². The van der Waals surface area contributed by atoms with E-state index >= 15 is 0 Å². The monoisotopic (exact) mass is 265 g/mol. The Morgan fingerprint density at radius 2 is 2.11 bits per heavy atom. The van der Waals surface area contributed by atoms with Gasteiger partial charge in [0.25, 0.3) is 15.4 Å². The number of hydrogen-bond acceptors (Lipinski definition) is 3. The van der Waals surface area contributed by atoms with Gasteiger partial charge in [0, 0.05) is 6.20 Å². The molecule has 0 aliphatic carbocycles. The maximum Gasteiger partial charge on any atom is 0.292 e. The van der Waals surface area contributed by atoms with Crippen LogP contribution in [0.1, 0.15) is 5.56 Å². The number of thiazole rings is 1. The van der Waals surface area contributed by atoms with Crippen LogP contribution < -0.4 is 4.57 Å². The predicted octanol–water partition coefficient (Wildman–Crippen LogP) is 3.36. The van der Waals surface area contributed by atoms with Gasteiger partial charge in [-0.05, 0) is 35.6 Å². The minimum absolute atomic E-state index is 0.891. The van der Waals surface area contributed by atoms with Gasteiger partial charge in [-0.3, -0.25) is 0 Å². The number of fused-ring (bicyclic) bond motifs is 7. The van der Waals surface area contributed by atoms with Crippen molar-refractivity contribution in [2.45, 2.75) is 6.54 Å². The Balaban J connectivity index is 1.94. The summed E-state index contributed by atoms with van der Waals surface area (Å²) in [6.07, 6.45) is 1.86. The molecule has 0 unspecified atom stereocenters. The summed E-state index contributed by atoms with van der Waals surface area (Å²) in [5.41, 5.74) is 4.56. The molecular weight excluding hydrogens is 256 g/mol. The molecule has 4 heterocycles. The minimum atomic E-state index is 0.891. The molecule has 4 aromatic rings. The molecule has 4 heteroatoms. The van der Waals surface area contributed by atoms with Crippen molar-refractivity contribution in [2.24, 2.45) is 0 Å². The van der Waals surface area contributed by atoms with Crippen LogP contribution in [0.15, 0.2) is 47.0 Å². The molecule has 1 aliphatic heterocycles. The molecule has 3 aromatic heterocycles. The van der Waals surface area contributed by atoms with E-state index in [1.807, 2.05) is 24.4 Å². The fraction of sp³-hybridized carbons (Fsp3) is 0.0667. The van der Waals surface area contributed by atoms with Crippen LogP contribution in [0.2, 0.25) is 0 Å². The molecule has 0 fully saturated rings. The van der Waals surface area contributed by atoms with Crippen LogP contribution in [-0.2, 0) is 6.54 Å². The summed E-state index contributed by atoms with van der Waals surface area (Å²) in [4.78, 5) is 5.50. The van der Waals surface area contributed by atoms with E-state index in [0.717, 1.165) is 22.7 Å². The van der Waals surface area contributed by atoms with E-state index in [1.165, 1.54) is 21.5 Å². The van der Waals surface area contributed by atoms with Gasteiger partial charge in [-0.25, -0.2) is 4.98 Å². The first-order chi connectivity index (χ1) is 9.42. The molecule has 1 aliphatic rings. The molecule has 0 saturated heterocycles. The highest BCUT2D eigenvalue weighted by atomic mass is 32.1. The van der Waals surface area contributed by atoms with Gasteiger partial charge in [0.1, 0.15) is 5.58 Å². The maximum atomic E-state index is 5.93. The molecule has 0 spiro atoms. The van der Waals surface area contributed by atoms with Crippen LogP contribution in [0.3, 0.4) is 0 Å². The molecule has 90 valence electrons. The van der Waals surface area contributed by atoms with Crippen molar-refractivity contribution >= 4 is 32.7 Å². The molecule has 0 radical (unpaired) electrons. The first kappa shape index (κ1) is 9.69. The lowest BCUT2D eigenvalue weighted by molar-refractivity contribution is -0.641. The third-order valence-corrected chi connectivity index (χ3v) is 4.73. The highest BCUT2D eigenvalue weighted by Crippen LogP contribution is 2.38. The van der Waals surface area contributed by atoms with E-state index < -0.39 is 0 Å². The molecule has 0 atom stereocenters. The van der Waals surface area contributed by atoms with E-state index in [2.05, 4.69) is 27.8 Å². The zero-order valence-corrected chi connectivity index (χ0v) is 10.8. The van der Waals surface area contributed by atoms with E-state index in [4.69, 9.17) is 4.42 Å². The van der Waals surface area contributed by atoms with Crippen molar-refractivity contribution in [1.82, 2.24) is 4.98 Å². The van der Waals surface area contributed by atoms with Crippen molar-refractivity contribution in [2.75, 3.05) is 0 Å². The van der Waals surface area contributed by atoms with Crippen molar-refractivity contribution in [3.05, 3.63) is 48.2 Å². The topological polar surface area (TPSA) is 29.9 Å². The molecule has 0 amide bonds. The van der Waals surface area contributed by atoms with Gasteiger partial charge in [0.05, 0.1) is 10.9 Å². The minimum Gasteiger partial charge on any atom is -0.439 e. The average Bonchev–Trinajstić information content (AvgIpc) is 3.05. The first-order valence-corrected chi connectivity index (χ1v) is 7.01. The fourth-order valence-electron chi connectivity index (χ4n) is 2.83. The second-order valence-electron chi connectivity index (χ2n) is 4.74. The molecule has 0 N–H and O–H groups in total. The molecule has 0 bridgehead atoms. The van der Waals surface area contributed by atoms with Crippen LogP contribution in [0.5, 0.6) is 0 Å². The molecule has 0 saturated carbocycles. The Bertz CT molecular complexity index is 951. The van der Waals surface area contributed by atoms with Crippen molar-refractivity contribution in [3.8, 4) is 10.7 Å². The van der Waals surface area contributed by atoms with E-state index in [0.29, 0.717) is 0 Å². The SMILES string of the molecule is c1cnc2c(c1)C[n+]1c-2sc2oc3ccccc3c21. The van der Waals surface area contributed by atoms with Gasteiger partial charge in [-0.1, -0.05) is 12.1 Å². The quantitative estimate of drug-likeness (QED) is 0.402. The van der Waals surface area contributed by atoms with E-state index in [9.17, 15) is 0 Å². The molecule has 1 aromatic carbocycles. The van der Waals surface area contributed by atoms with Gasteiger partial charge < -0.3 is 4.42 Å². The molecule has 5 rings (SSSR count). The van der Waals surface area contributed by atoms with Crippen LogP contribution in [0.25, 0.3) is 32.1 Å². The number of aromatic nitrogens is 2. The standard InChI is InChI=1S/C15H9N2OS/c1-2-6-11-10(5-1)13-15(18-11)19-14-12-9(8-17(13)14)4-3-7-16-12/h1-7H,8H2/q+1. The first-order valence-electron chi connectivity index (χ1n) is 6.20. The summed E-state index contributed by atoms with van der Waals surface area (Å²) in [5, 5.41) is 2.39. The lowest BCUT2D eigenvalue weighted by Gasteiger charge is -1.88. The van der Waals surface area contributed by atoms with Gasteiger partial charge >= 0.3 is 0 Å². The summed E-state index contributed by atoms with van der Waals surface area (Å²) in [6.45, 7) is 0.891. The summed E-state index contributed by atoms with van der Waals surface area (Å²) in [6, 6.07) is 12.4. The van der Waals surface area contributed by atoms with Crippen molar-refractivity contribution in [1.29, 1.82) is 0 Å². The van der Waals surface area contributed by atoms with Crippen LogP contribution in [0.4, 0.5) is 0 Å². The Hall–Kier alpha value is -2.20. The third-order valence-electron chi connectivity index (χ3n) is 3.66. The highest BCUT2D eigenvalue weighted by molar-refractivity contribution is 7.20. The number of pyridine rings is 1. The number of furan rings is 1. The largest absolute Gasteiger partial charge is 0.439 e. The van der Waals surface area contributed by atoms with Crippen LogP contribution in [0, 0.1) is 0 Å². The molecule has 19 heavy (non-hydrogen) atoms. The zero-order chi connectivity index (χ0) is 12.4. The normalized spacial score (nSPS) is 13.1. The van der Waals surface area contributed by atoms with Crippen molar-refractivity contribution in [3.63, 3.8) is 0 Å². The maximum absolute atomic E-state index is 5.93. The second-order valence-corrected chi connectivity index (χ2v) is 5.70. The lowest BCUT2D eigenvalue weighted by atomic mass is 10.2. The molecular formula is C15H9N2OS+. The van der Waals surface area contributed by atoms with Gasteiger partial charge in [0.2, 0.25) is 0 Å². The number of hydrogen-bond donors (Lipinski definition) is 0. The zero-order valence-electron chi connectivity index (χ0n) is 9.96. The van der Waals surface area contributed by atoms with Crippen LogP contribution >= 0.6 is 11.3 Å². The van der Waals surface area contributed by atoms with Gasteiger partial charge in [-0.2, -0.15) is 4.57 Å². The number of benzene rings is 1. The Morgan fingerprint density at radius 3 is 3.11 bits per heavy atom. The Morgan fingerprint density at radius 1 is 1.16 bits per heavy atom. The van der Waals surface area contributed by atoms with Gasteiger partial charge in [0.15, 0.2) is 12.2 Å². The highest BCUT2D eigenvalue weighted by Gasteiger charge is 2.35. The summed E-state index contributed by atoms with van der Waals surface area (Å²) >= 11 is 1.69. The van der Waals surface area contributed by atoms with Crippen LogP contribution in [-0.4, -0.2) is 4.98 Å². The van der Waals surface area contributed by atoms with Crippen molar-refractivity contribution < 1.29 is 8.98 Å². The number of para-hydroxylation sites is 1. The third kappa shape index (κ3) is 1.12. The molecule has 3 nitrogen and oxygen atoms in total. The fourth-order valence-corrected chi connectivity index (χ4v) is 4.01. The predicted molar refractivity (Wildman–Crippen MR) is 74.1 cm³/mol. The lowest BCUT2D eigenvalue weighted by Crippen LogP contribution is -2.30. The number of rotatable bonds is 0. The van der Waals surface area contributed by atoms with E-state index in [1.54, 1.807) is 11.3 Å². The number of nitrogens with zero attached hydrogens (tertiary/aromatic N) is 2. The van der Waals surface area contributed by atoms with Gasteiger partial charge in [-0.15, -0.1) is 0 Å². The summed E-state index contributed by atoms with van der Waals surface area (Å²) in [5.74, 6) is 0.